The van der Waals surface area contributed by atoms with Crippen LogP contribution in [0.3, 0.4) is 0 Å². The first-order chi connectivity index (χ1) is 30.4. The van der Waals surface area contributed by atoms with Crippen LogP contribution in [-0.4, -0.2) is 102 Å². The Morgan fingerprint density at radius 2 is 1.05 bits per heavy atom. The van der Waals surface area contributed by atoms with E-state index in [9.17, 15) is 38.4 Å². The minimum atomic E-state index is -1.10. The maximum absolute atomic E-state index is 13.1. The third-order valence-electron chi connectivity index (χ3n) is 9.11. The number of ether oxygens (including phenoxy) is 2. The van der Waals surface area contributed by atoms with Gasteiger partial charge >= 0.3 is 18.2 Å². The summed E-state index contributed by atoms with van der Waals surface area (Å²) >= 11 is 0. The van der Waals surface area contributed by atoms with Crippen LogP contribution in [-0.2, 0) is 51.1 Å². The second-order valence-corrected chi connectivity index (χ2v) is 17.5. The molecule has 0 saturated carbocycles. The second kappa shape index (κ2) is 33.9. The number of amides is 5. The predicted molar refractivity (Wildman–Crippen MR) is 257 cm³/mol. The molecule has 372 valence electrons. The Morgan fingerprint density at radius 3 is 1.42 bits per heavy atom. The first-order valence-corrected chi connectivity index (χ1v) is 22.2. The molecule has 0 unspecified atom stereocenters. The number of rotatable bonds is 23. The van der Waals surface area contributed by atoms with Crippen molar-refractivity contribution in [3.63, 3.8) is 0 Å². The number of benzene rings is 2. The molecule has 2 rings (SSSR count). The van der Waals surface area contributed by atoms with Crippen LogP contribution in [0.1, 0.15) is 125 Å². The fourth-order valence-electron chi connectivity index (χ4n) is 5.94. The molecular weight excluding hydrogens is 872 g/mol. The molecular formula is C48H77ClN6O11. The van der Waals surface area contributed by atoms with Gasteiger partial charge in [0.1, 0.15) is 23.0 Å². The van der Waals surface area contributed by atoms with Gasteiger partial charge in [0.25, 0.3) is 0 Å². The predicted octanol–water partition coefficient (Wildman–Crippen LogP) is 5.98. The number of unbranched alkanes of at least 4 members (excludes halogenated alkanes) is 2. The van der Waals surface area contributed by atoms with Crippen molar-refractivity contribution in [2.75, 3.05) is 20.1 Å². The zero-order valence-electron chi connectivity index (χ0n) is 40.6. The summed E-state index contributed by atoms with van der Waals surface area (Å²) in [6.07, 6.45) is 3.38. The maximum atomic E-state index is 13.1. The molecule has 0 aliphatic carbocycles. The van der Waals surface area contributed by atoms with Gasteiger partial charge in [-0.25, -0.2) is 14.4 Å². The molecule has 4 atom stereocenters. The highest BCUT2D eigenvalue weighted by Gasteiger charge is 2.29. The van der Waals surface area contributed by atoms with Crippen LogP contribution in [0.15, 0.2) is 60.7 Å². The van der Waals surface area contributed by atoms with E-state index in [1.807, 2.05) is 67.6 Å². The van der Waals surface area contributed by atoms with Gasteiger partial charge in [-0.15, -0.1) is 12.4 Å². The van der Waals surface area contributed by atoms with E-state index >= 15 is 0 Å². The molecule has 8 N–H and O–H groups in total. The molecule has 5 amide bonds. The molecule has 0 aliphatic rings. The molecule has 0 heterocycles. The number of alkyl carbamates (subject to hydrolysis) is 2. The van der Waals surface area contributed by atoms with Crippen LogP contribution < -0.4 is 32.3 Å². The Kier molecular flexibility index (Phi) is 32.1. The van der Waals surface area contributed by atoms with Gasteiger partial charge in [-0.3, -0.25) is 24.0 Å². The van der Waals surface area contributed by atoms with Gasteiger partial charge in [0.05, 0.1) is 12.1 Å². The number of carboxylic acid groups (broad SMARTS) is 1. The van der Waals surface area contributed by atoms with Crippen LogP contribution >= 0.6 is 12.4 Å². The summed E-state index contributed by atoms with van der Waals surface area (Å²) in [7, 11) is 1.54. The number of Topliss-reactive ketones (excluding diaryl/α,β-unsaturated/α-hetero) is 2. The summed E-state index contributed by atoms with van der Waals surface area (Å²) in [4.78, 5) is 93.2. The standard InChI is InChI=1S/C24H37N3O5.C13H24N2O5.C11H15NO.ClH/c1-17(28)26-14-10-9-13-20(27-23(31)32-24(2,3)4)21(29)16-19(22(30)25-5)15-18-11-7-6-8-12-18;1-9(16)14-8-6-5-7-10(11(17)18)15-12(19)20-13(2,3)4;1-2-11(13)10(12)8-9-6-4-3-5-7-9;/h6-8,11-12,19-20H,9-10,13-16H2,1-5H3,(H,25,30)(H,26,28)(H,27,31);10H,5-8H2,1-4H3,(H,14,16)(H,15,19)(H,17,18);3-7,10H,2,8,12H2,1H3;1H/t19-,20+;2*10-;/m100./s1. The van der Waals surface area contributed by atoms with E-state index in [0.29, 0.717) is 64.5 Å². The van der Waals surface area contributed by atoms with Crippen molar-refractivity contribution in [1.82, 2.24) is 26.6 Å². The van der Waals surface area contributed by atoms with Crippen LogP contribution in [0.2, 0.25) is 0 Å². The van der Waals surface area contributed by atoms with Gasteiger partial charge in [-0.2, -0.15) is 0 Å². The van der Waals surface area contributed by atoms with Gasteiger partial charge in [-0.1, -0.05) is 67.6 Å². The third kappa shape index (κ3) is 33.0. The highest BCUT2D eigenvalue weighted by molar-refractivity contribution is 5.91. The Labute approximate surface area is 397 Å². The number of carbonyl (C=O) groups is 8. The van der Waals surface area contributed by atoms with E-state index < -0.39 is 47.4 Å². The lowest BCUT2D eigenvalue weighted by molar-refractivity contribution is -0.139. The monoisotopic (exact) mass is 949 g/mol. The molecule has 0 aliphatic heterocycles. The molecule has 2 aromatic carbocycles. The molecule has 2 aromatic rings. The third-order valence-corrected chi connectivity index (χ3v) is 9.11. The summed E-state index contributed by atoms with van der Waals surface area (Å²) in [5.41, 5.74) is 6.43. The second-order valence-electron chi connectivity index (χ2n) is 17.5. The Hall–Kier alpha value is -5.55. The number of hydrogen-bond acceptors (Lipinski definition) is 11. The van der Waals surface area contributed by atoms with Crippen molar-refractivity contribution in [2.45, 2.75) is 156 Å². The van der Waals surface area contributed by atoms with Crippen molar-refractivity contribution < 1.29 is 52.9 Å². The zero-order chi connectivity index (χ0) is 49.6. The molecule has 0 aromatic heterocycles. The number of nitrogens with one attached hydrogen (secondary N) is 5. The minimum Gasteiger partial charge on any atom is -0.480 e. The van der Waals surface area contributed by atoms with Crippen molar-refractivity contribution >= 4 is 59.9 Å². The number of carboxylic acids is 1. The van der Waals surface area contributed by atoms with Crippen molar-refractivity contribution in [2.24, 2.45) is 11.7 Å². The normalized spacial score (nSPS) is 12.5. The smallest absolute Gasteiger partial charge is 0.408 e. The van der Waals surface area contributed by atoms with Gasteiger partial charge in [0, 0.05) is 52.7 Å². The molecule has 17 nitrogen and oxygen atoms in total. The number of carbonyl (C=O) groups excluding carboxylic acids is 7. The topological polar surface area (TPSA) is 261 Å². The first-order valence-electron chi connectivity index (χ1n) is 22.2. The van der Waals surface area contributed by atoms with Crippen molar-refractivity contribution in [3.8, 4) is 0 Å². The van der Waals surface area contributed by atoms with Crippen LogP contribution in [0.5, 0.6) is 0 Å². The van der Waals surface area contributed by atoms with E-state index in [1.165, 1.54) is 13.8 Å². The number of aliphatic carboxylic acids is 1. The molecule has 0 radical (unpaired) electrons. The molecule has 0 saturated heterocycles. The molecule has 0 bridgehead atoms. The quantitative estimate of drug-likeness (QED) is 0.0635. The summed E-state index contributed by atoms with van der Waals surface area (Å²) in [6.45, 7) is 16.1. The summed E-state index contributed by atoms with van der Waals surface area (Å²) in [5, 5.41) is 22.0. The summed E-state index contributed by atoms with van der Waals surface area (Å²) in [6, 6.07) is 17.3. The number of hydrogen-bond donors (Lipinski definition) is 7. The Morgan fingerprint density at radius 1 is 0.636 bits per heavy atom. The van der Waals surface area contributed by atoms with E-state index in [4.69, 9.17) is 20.3 Å². The van der Waals surface area contributed by atoms with Gasteiger partial charge < -0.3 is 46.9 Å². The number of ketones is 2. The summed E-state index contributed by atoms with van der Waals surface area (Å²) in [5.74, 6) is -2.19. The largest absolute Gasteiger partial charge is 0.480 e. The van der Waals surface area contributed by atoms with E-state index in [-0.39, 0.29) is 60.6 Å². The number of halogens is 1. The number of nitrogens with two attached hydrogens (primary N) is 1. The average Bonchev–Trinajstić information content (AvgIpc) is 3.21. The van der Waals surface area contributed by atoms with Gasteiger partial charge in [0.2, 0.25) is 17.7 Å². The van der Waals surface area contributed by atoms with Gasteiger partial charge in [-0.05, 0) is 104 Å². The first kappa shape index (κ1) is 62.5. The molecule has 0 spiro atoms. The molecule has 18 heteroatoms. The molecule has 66 heavy (non-hydrogen) atoms. The van der Waals surface area contributed by atoms with E-state index in [0.717, 1.165) is 11.1 Å². The highest BCUT2D eigenvalue weighted by atomic mass is 35.5. The fourth-order valence-corrected chi connectivity index (χ4v) is 5.94. The maximum Gasteiger partial charge on any atom is 0.408 e. The lowest BCUT2D eigenvalue weighted by atomic mass is 9.90. The highest BCUT2D eigenvalue weighted by Crippen LogP contribution is 2.17. The lowest BCUT2D eigenvalue weighted by Crippen LogP contribution is -2.45. The van der Waals surface area contributed by atoms with Gasteiger partial charge in [0.15, 0.2) is 5.78 Å². The van der Waals surface area contributed by atoms with Crippen molar-refractivity contribution in [1.29, 1.82) is 0 Å². The van der Waals surface area contributed by atoms with Crippen LogP contribution in [0.25, 0.3) is 0 Å². The Bertz CT molecular complexity index is 1770. The average molecular weight is 950 g/mol. The zero-order valence-corrected chi connectivity index (χ0v) is 41.4. The van der Waals surface area contributed by atoms with Crippen LogP contribution in [0, 0.1) is 5.92 Å². The fraction of sp³-hybridized carbons (Fsp3) is 0.583. The molecule has 0 fully saturated rings. The lowest BCUT2D eigenvalue weighted by Gasteiger charge is -2.24. The summed E-state index contributed by atoms with van der Waals surface area (Å²) < 4.78 is 10.3. The van der Waals surface area contributed by atoms with Crippen LogP contribution in [0.4, 0.5) is 9.59 Å². The minimum absolute atomic E-state index is 0. The van der Waals surface area contributed by atoms with Crippen molar-refractivity contribution in [3.05, 3.63) is 71.8 Å². The van der Waals surface area contributed by atoms with E-state index in [1.54, 1.807) is 48.6 Å². The van der Waals surface area contributed by atoms with E-state index in [2.05, 4.69) is 26.6 Å². The Balaban J connectivity index is 0. The SMILES string of the molecule is CC(=O)NCCCC[C@H](NC(=O)OC(C)(C)C)C(=O)O.CCC(=O)[C@@H](N)Cc1ccccc1.CNC(=O)[C@@H](CC(=O)[C@H](CCCCNC(C)=O)NC(=O)OC(C)(C)C)Cc1ccccc1.Cl.